The Hall–Kier alpha value is -1.26. The summed E-state index contributed by atoms with van der Waals surface area (Å²) in [7, 11) is 0. The Morgan fingerprint density at radius 2 is 1.89 bits per heavy atom. The molecular weight excluding hydrogens is 244 g/mol. The highest BCUT2D eigenvalue weighted by Crippen LogP contribution is 2.09. The van der Waals surface area contributed by atoms with Crippen molar-refractivity contribution in [2.45, 2.75) is 65.3 Å². The van der Waals surface area contributed by atoms with Gasteiger partial charge in [0.2, 0.25) is 0 Å². The van der Waals surface area contributed by atoms with Crippen molar-refractivity contribution in [3.63, 3.8) is 0 Å². The molecule has 2 amide bonds. The number of aliphatic carboxylic acids is 1. The number of amides is 2. The molecule has 19 heavy (non-hydrogen) atoms. The number of carbonyl (C=O) groups excluding carboxylic acids is 1. The summed E-state index contributed by atoms with van der Waals surface area (Å²) in [4.78, 5) is 24.3. The molecule has 0 rings (SSSR count). The minimum Gasteiger partial charge on any atom is -0.481 e. The Kier molecular flexibility index (Phi) is 9.94. The average molecular weight is 272 g/mol. The third kappa shape index (κ3) is 8.46. The molecule has 0 aliphatic rings. The SMILES string of the molecule is CCCCCN(C(=O)NCCC(=O)O)C(C)CCC. The Bertz CT molecular complexity index is 269. The summed E-state index contributed by atoms with van der Waals surface area (Å²) in [6.45, 7) is 7.22. The van der Waals surface area contributed by atoms with E-state index in [0.29, 0.717) is 0 Å². The number of carboxylic acids is 1. The van der Waals surface area contributed by atoms with E-state index in [4.69, 9.17) is 5.11 Å². The first kappa shape index (κ1) is 17.7. The summed E-state index contributed by atoms with van der Waals surface area (Å²) >= 11 is 0. The highest BCUT2D eigenvalue weighted by atomic mass is 16.4. The van der Waals surface area contributed by atoms with Gasteiger partial charge < -0.3 is 15.3 Å². The molecule has 1 atom stereocenters. The second kappa shape index (κ2) is 10.6. The van der Waals surface area contributed by atoms with E-state index in [1.54, 1.807) is 0 Å². The van der Waals surface area contributed by atoms with Crippen LogP contribution in [0.15, 0.2) is 0 Å². The molecule has 0 bridgehead atoms. The topological polar surface area (TPSA) is 69.6 Å². The van der Waals surface area contributed by atoms with E-state index in [1.165, 1.54) is 0 Å². The van der Waals surface area contributed by atoms with Gasteiger partial charge in [-0.3, -0.25) is 4.79 Å². The van der Waals surface area contributed by atoms with Gasteiger partial charge in [0.15, 0.2) is 0 Å². The standard InChI is InChI=1S/C14H28N2O3/c1-4-6-7-11-16(12(3)8-5-2)14(19)15-10-9-13(17)18/h12H,4-11H2,1-3H3,(H,15,19)(H,17,18). The lowest BCUT2D eigenvalue weighted by Gasteiger charge is -2.29. The minimum atomic E-state index is -0.889. The van der Waals surface area contributed by atoms with Gasteiger partial charge in [-0.15, -0.1) is 0 Å². The summed E-state index contributed by atoms with van der Waals surface area (Å²) in [6, 6.07) is 0.0602. The van der Waals surface area contributed by atoms with Crippen LogP contribution in [-0.4, -0.2) is 41.1 Å². The number of unbranched alkanes of at least 4 members (excludes halogenated alkanes) is 2. The zero-order chi connectivity index (χ0) is 14.7. The molecule has 0 aliphatic carbocycles. The van der Waals surface area contributed by atoms with Crippen molar-refractivity contribution in [1.82, 2.24) is 10.2 Å². The maximum Gasteiger partial charge on any atom is 0.317 e. The first-order valence-electron chi connectivity index (χ1n) is 7.29. The van der Waals surface area contributed by atoms with Crippen molar-refractivity contribution in [3.05, 3.63) is 0 Å². The van der Waals surface area contributed by atoms with E-state index < -0.39 is 5.97 Å². The lowest BCUT2D eigenvalue weighted by molar-refractivity contribution is -0.136. The van der Waals surface area contributed by atoms with Crippen LogP contribution in [0.5, 0.6) is 0 Å². The van der Waals surface area contributed by atoms with Gasteiger partial charge in [-0.2, -0.15) is 0 Å². The maximum atomic E-state index is 12.1. The largest absolute Gasteiger partial charge is 0.481 e. The molecule has 1 unspecified atom stereocenters. The predicted octanol–water partition coefficient (Wildman–Crippen LogP) is 2.85. The van der Waals surface area contributed by atoms with Crippen LogP contribution in [-0.2, 0) is 4.79 Å². The van der Waals surface area contributed by atoms with Gasteiger partial charge in [0.1, 0.15) is 0 Å². The maximum absolute atomic E-state index is 12.1. The third-order valence-electron chi connectivity index (χ3n) is 3.12. The Morgan fingerprint density at radius 1 is 1.21 bits per heavy atom. The summed E-state index contributed by atoms with van der Waals surface area (Å²) in [6.07, 6.45) is 5.20. The highest BCUT2D eigenvalue weighted by molar-refractivity contribution is 5.75. The molecular formula is C14H28N2O3. The number of hydrogen-bond donors (Lipinski definition) is 2. The number of hydrogen-bond acceptors (Lipinski definition) is 2. The van der Waals surface area contributed by atoms with Crippen molar-refractivity contribution < 1.29 is 14.7 Å². The summed E-state index contributed by atoms with van der Waals surface area (Å²) in [5, 5.41) is 11.3. The number of nitrogens with zero attached hydrogens (tertiary/aromatic N) is 1. The van der Waals surface area contributed by atoms with Gasteiger partial charge in [0, 0.05) is 19.1 Å². The number of carbonyl (C=O) groups is 2. The highest BCUT2D eigenvalue weighted by Gasteiger charge is 2.18. The zero-order valence-corrected chi connectivity index (χ0v) is 12.4. The average Bonchev–Trinajstić information content (AvgIpc) is 2.34. The van der Waals surface area contributed by atoms with E-state index >= 15 is 0 Å². The van der Waals surface area contributed by atoms with Crippen molar-refractivity contribution in [2.75, 3.05) is 13.1 Å². The van der Waals surface area contributed by atoms with Crippen molar-refractivity contribution in [1.29, 1.82) is 0 Å². The molecule has 0 fully saturated rings. The minimum absolute atomic E-state index is 0.0311. The fourth-order valence-electron chi connectivity index (χ4n) is 2.01. The number of nitrogens with one attached hydrogen (secondary N) is 1. The zero-order valence-electron chi connectivity index (χ0n) is 12.4. The Balaban J connectivity index is 4.27. The Morgan fingerprint density at radius 3 is 2.42 bits per heavy atom. The van der Waals surface area contributed by atoms with E-state index in [-0.39, 0.29) is 25.0 Å². The molecule has 0 aliphatic heterocycles. The smallest absolute Gasteiger partial charge is 0.317 e. The van der Waals surface area contributed by atoms with Gasteiger partial charge in [-0.1, -0.05) is 33.1 Å². The predicted molar refractivity (Wildman–Crippen MR) is 76.3 cm³/mol. The number of carboxylic acid groups (broad SMARTS) is 1. The normalized spacial score (nSPS) is 11.9. The monoisotopic (exact) mass is 272 g/mol. The van der Waals surface area contributed by atoms with Gasteiger partial charge in [0.05, 0.1) is 6.42 Å². The first-order valence-corrected chi connectivity index (χ1v) is 7.29. The van der Waals surface area contributed by atoms with Crippen molar-refractivity contribution in [2.24, 2.45) is 0 Å². The van der Waals surface area contributed by atoms with Crippen molar-refractivity contribution in [3.8, 4) is 0 Å². The molecule has 0 radical (unpaired) electrons. The fourth-order valence-corrected chi connectivity index (χ4v) is 2.01. The summed E-state index contributed by atoms with van der Waals surface area (Å²) < 4.78 is 0. The Labute approximate surface area is 116 Å². The van der Waals surface area contributed by atoms with Gasteiger partial charge in [-0.05, 0) is 19.8 Å². The van der Waals surface area contributed by atoms with Crippen LogP contribution >= 0.6 is 0 Å². The summed E-state index contributed by atoms with van der Waals surface area (Å²) in [5.41, 5.74) is 0. The summed E-state index contributed by atoms with van der Waals surface area (Å²) in [5.74, 6) is -0.889. The van der Waals surface area contributed by atoms with Crippen LogP contribution in [0.25, 0.3) is 0 Å². The lowest BCUT2D eigenvalue weighted by Crippen LogP contribution is -2.46. The van der Waals surface area contributed by atoms with Crippen LogP contribution in [0.2, 0.25) is 0 Å². The molecule has 5 nitrogen and oxygen atoms in total. The van der Waals surface area contributed by atoms with E-state index in [1.807, 2.05) is 11.8 Å². The van der Waals surface area contributed by atoms with E-state index in [2.05, 4.69) is 19.2 Å². The molecule has 2 N–H and O–H groups in total. The van der Waals surface area contributed by atoms with Gasteiger partial charge in [0.25, 0.3) is 0 Å². The van der Waals surface area contributed by atoms with Crippen LogP contribution in [0, 0.1) is 0 Å². The van der Waals surface area contributed by atoms with Crippen LogP contribution in [0.1, 0.15) is 59.3 Å². The van der Waals surface area contributed by atoms with E-state index in [9.17, 15) is 9.59 Å². The van der Waals surface area contributed by atoms with Crippen LogP contribution in [0.4, 0.5) is 4.79 Å². The van der Waals surface area contributed by atoms with Gasteiger partial charge >= 0.3 is 12.0 Å². The molecule has 0 aromatic rings. The lowest BCUT2D eigenvalue weighted by atomic mass is 10.1. The van der Waals surface area contributed by atoms with Crippen LogP contribution in [0.3, 0.4) is 0 Å². The fraction of sp³-hybridized carbons (Fsp3) is 0.857. The van der Waals surface area contributed by atoms with Crippen molar-refractivity contribution >= 4 is 12.0 Å². The molecule has 0 heterocycles. The molecule has 5 heteroatoms. The second-order valence-corrected chi connectivity index (χ2v) is 4.91. The number of urea groups is 1. The molecule has 0 saturated carbocycles. The number of rotatable bonds is 10. The first-order chi connectivity index (χ1) is 9.02. The molecule has 0 aromatic heterocycles. The molecule has 0 aromatic carbocycles. The van der Waals surface area contributed by atoms with Gasteiger partial charge in [-0.25, -0.2) is 4.79 Å². The van der Waals surface area contributed by atoms with E-state index in [0.717, 1.165) is 38.6 Å². The third-order valence-corrected chi connectivity index (χ3v) is 3.12. The quantitative estimate of drug-likeness (QED) is 0.601. The molecule has 0 saturated heterocycles. The van der Waals surface area contributed by atoms with Crippen LogP contribution < -0.4 is 5.32 Å². The molecule has 0 spiro atoms. The second-order valence-electron chi connectivity index (χ2n) is 4.91. The molecule has 112 valence electrons.